The molecular formula is C24H23Cl2NO2. The topological polar surface area (TPSA) is 37.4 Å². The summed E-state index contributed by atoms with van der Waals surface area (Å²) in [5.74, 6) is -0.187. The van der Waals surface area contributed by atoms with Gasteiger partial charge in [-0.3, -0.25) is 14.5 Å². The summed E-state index contributed by atoms with van der Waals surface area (Å²) in [5.41, 5.74) is 3.90. The van der Waals surface area contributed by atoms with Crippen LogP contribution in [0.5, 0.6) is 0 Å². The first-order valence-electron chi connectivity index (χ1n) is 9.77. The van der Waals surface area contributed by atoms with Crippen LogP contribution in [0, 0.1) is 12.3 Å². The lowest BCUT2D eigenvalue weighted by molar-refractivity contribution is -0.121. The number of ketones is 1. The number of hydrogen-bond acceptors (Lipinski definition) is 2. The van der Waals surface area contributed by atoms with Crippen LogP contribution in [-0.4, -0.2) is 11.7 Å². The van der Waals surface area contributed by atoms with E-state index in [1.807, 2.05) is 43.3 Å². The zero-order valence-corrected chi connectivity index (χ0v) is 18.3. The first-order valence-corrected chi connectivity index (χ1v) is 10.5. The van der Waals surface area contributed by atoms with Crippen molar-refractivity contribution < 1.29 is 9.59 Å². The van der Waals surface area contributed by atoms with Crippen molar-refractivity contribution in [2.45, 2.75) is 46.0 Å². The number of rotatable bonds is 2. The predicted octanol–water partition coefficient (Wildman–Crippen LogP) is 6.47. The van der Waals surface area contributed by atoms with Crippen molar-refractivity contribution in [3.8, 4) is 0 Å². The molecule has 0 fully saturated rings. The molecule has 0 aromatic heterocycles. The van der Waals surface area contributed by atoms with Gasteiger partial charge in [0, 0.05) is 40.1 Å². The standard InChI is InChI=1S/C24H23Cl2NO2/c1-14-7-8-17(10-19(14)26)27-20-12-24(2,3)13-21(28)23(20)18(11-22(27)29)15-5-4-6-16(25)9-15/h4-10,18H,11-13H2,1-3H3. The molecule has 4 rings (SSSR count). The van der Waals surface area contributed by atoms with Gasteiger partial charge in [0.05, 0.1) is 5.69 Å². The number of Topliss-reactive ketones (excluding diaryl/α,β-unsaturated/α-hetero) is 1. The molecule has 1 aliphatic heterocycles. The third-order valence-electron chi connectivity index (χ3n) is 5.81. The molecule has 0 spiro atoms. The molecule has 2 aromatic carbocycles. The number of anilines is 1. The second kappa shape index (κ2) is 7.30. The van der Waals surface area contributed by atoms with Crippen LogP contribution in [0.3, 0.4) is 0 Å². The first kappa shape index (κ1) is 20.2. The molecule has 0 saturated carbocycles. The van der Waals surface area contributed by atoms with Crippen LogP contribution < -0.4 is 4.90 Å². The van der Waals surface area contributed by atoms with E-state index in [1.54, 1.807) is 11.0 Å². The highest BCUT2D eigenvalue weighted by Crippen LogP contribution is 2.48. The van der Waals surface area contributed by atoms with Crippen LogP contribution >= 0.6 is 23.2 Å². The van der Waals surface area contributed by atoms with E-state index < -0.39 is 0 Å². The predicted molar refractivity (Wildman–Crippen MR) is 118 cm³/mol. The number of carbonyl (C=O) groups excluding carboxylic acids is 2. The average Bonchev–Trinajstić information content (AvgIpc) is 2.62. The summed E-state index contributed by atoms with van der Waals surface area (Å²) < 4.78 is 0. The summed E-state index contributed by atoms with van der Waals surface area (Å²) in [6.07, 6.45) is 1.36. The maximum atomic E-state index is 13.3. The fourth-order valence-corrected chi connectivity index (χ4v) is 4.82. The van der Waals surface area contributed by atoms with Gasteiger partial charge in [0.25, 0.3) is 0 Å². The fourth-order valence-electron chi connectivity index (χ4n) is 4.44. The third kappa shape index (κ3) is 3.74. The lowest BCUT2D eigenvalue weighted by Gasteiger charge is -2.43. The molecule has 150 valence electrons. The molecule has 0 radical (unpaired) electrons. The number of halogens is 2. The van der Waals surface area contributed by atoms with Gasteiger partial charge in [0.2, 0.25) is 5.91 Å². The number of nitrogens with zero attached hydrogens (tertiary/aromatic N) is 1. The van der Waals surface area contributed by atoms with Crippen molar-refractivity contribution in [3.05, 3.63) is 74.9 Å². The van der Waals surface area contributed by atoms with Gasteiger partial charge in [0.15, 0.2) is 5.78 Å². The molecule has 0 saturated heterocycles. The van der Waals surface area contributed by atoms with E-state index in [0.717, 1.165) is 22.4 Å². The van der Waals surface area contributed by atoms with E-state index in [0.29, 0.717) is 28.6 Å². The molecule has 2 aromatic rings. The third-order valence-corrected chi connectivity index (χ3v) is 6.45. The van der Waals surface area contributed by atoms with E-state index in [-0.39, 0.29) is 29.4 Å². The Morgan fingerprint density at radius 2 is 1.79 bits per heavy atom. The molecule has 3 nitrogen and oxygen atoms in total. The zero-order valence-electron chi connectivity index (χ0n) is 16.8. The van der Waals surface area contributed by atoms with Crippen molar-refractivity contribution in [1.29, 1.82) is 0 Å². The number of amides is 1. The molecule has 1 unspecified atom stereocenters. The minimum atomic E-state index is -0.267. The van der Waals surface area contributed by atoms with Gasteiger partial charge in [-0.2, -0.15) is 0 Å². The highest BCUT2D eigenvalue weighted by Gasteiger charge is 2.44. The van der Waals surface area contributed by atoms with Gasteiger partial charge >= 0.3 is 0 Å². The summed E-state index contributed by atoms with van der Waals surface area (Å²) in [7, 11) is 0. The second-order valence-corrected chi connectivity index (χ2v) is 9.62. The van der Waals surface area contributed by atoms with Gasteiger partial charge in [-0.1, -0.05) is 55.2 Å². The van der Waals surface area contributed by atoms with E-state index in [9.17, 15) is 9.59 Å². The summed E-state index contributed by atoms with van der Waals surface area (Å²) >= 11 is 12.6. The van der Waals surface area contributed by atoms with Crippen LogP contribution in [0.25, 0.3) is 0 Å². The molecule has 5 heteroatoms. The number of hydrogen-bond donors (Lipinski definition) is 0. The van der Waals surface area contributed by atoms with Gasteiger partial charge in [-0.05, 0) is 54.2 Å². The molecule has 2 aliphatic rings. The van der Waals surface area contributed by atoms with E-state index in [4.69, 9.17) is 23.2 Å². The monoisotopic (exact) mass is 427 g/mol. The number of allylic oxidation sites excluding steroid dienone is 2. The largest absolute Gasteiger partial charge is 0.294 e. The molecule has 1 aliphatic carbocycles. The minimum absolute atomic E-state index is 0.0286. The van der Waals surface area contributed by atoms with Gasteiger partial charge < -0.3 is 0 Å². The van der Waals surface area contributed by atoms with Crippen molar-refractivity contribution in [3.63, 3.8) is 0 Å². The van der Waals surface area contributed by atoms with Crippen molar-refractivity contribution >= 4 is 40.6 Å². The first-order chi connectivity index (χ1) is 13.7. The summed E-state index contributed by atoms with van der Waals surface area (Å²) in [6.45, 7) is 6.07. The maximum Gasteiger partial charge on any atom is 0.232 e. The van der Waals surface area contributed by atoms with Crippen LogP contribution in [0.1, 0.15) is 50.2 Å². The molecule has 0 bridgehead atoms. The van der Waals surface area contributed by atoms with Crippen molar-refractivity contribution in [1.82, 2.24) is 0 Å². The van der Waals surface area contributed by atoms with Gasteiger partial charge in [0.1, 0.15) is 0 Å². The Hall–Kier alpha value is -2.10. The van der Waals surface area contributed by atoms with E-state index >= 15 is 0 Å². The minimum Gasteiger partial charge on any atom is -0.294 e. The summed E-state index contributed by atoms with van der Waals surface area (Å²) in [6, 6.07) is 13.1. The van der Waals surface area contributed by atoms with Gasteiger partial charge in [-0.15, -0.1) is 0 Å². The Balaban J connectivity index is 1.91. The molecule has 0 N–H and O–H groups in total. The molecule has 29 heavy (non-hydrogen) atoms. The molecular weight excluding hydrogens is 405 g/mol. The SMILES string of the molecule is Cc1ccc(N2C(=O)CC(c3cccc(Cl)c3)C3=C2CC(C)(C)CC3=O)cc1Cl. The van der Waals surface area contributed by atoms with Crippen LogP contribution in [0.2, 0.25) is 10.0 Å². The Morgan fingerprint density at radius 3 is 2.48 bits per heavy atom. The second-order valence-electron chi connectivity index (χ2n) is 8.78. The lowest BCUT2D eigenvalue weighted by atomic mass is 9.69. The smallest absolute Gasteiger partial charge is 0.232 e. The Labute approximate surface area is 181 Å². The normalized spacial score (nSPS) is 21.4. The van der Waals surface area contributed by atoms with E-state index in [2.05, 4.69) is 13.8 Å². The maximum absolute atomic E-state index is 13.3. The quantitative estimate of drug-likeness (QED) is 0.550. The lowest BCUT2D eigenvalue weighted by Crippen LogP contribution is -2.43. The van der Waals surface area contributed by atoms with E-state index in [1.165, 1.54) is 0 Å². The molecule has 1 atom stereocenters. The number of benzene rings is 2. The van der Waals surface area contributed by atoms with Gasteiger partial charge in [-0.25, -0.2) is 0 Å². The Kier molecular flexibility index (Phi) is 5.08. The fraction of sp³-hybridized carbons (Fsp3) is 0.333. The molecule has 1 heterocycles. The highest BCUT2D eigenvalue weighted by molar-refractivity contribution is 6.31. The Morgan fingerprint density at radius 1 is 1.03 bits per heavy atom. The van der Waals surface area contributed by atoms with Crippen molar-refractivity contribution in [2.24, 2.45) is 5.41 Å². The average molecular weight is 428 g/mol. The van der Waals surface area contributed by atoms with Crippen LogP contribution in [0.4, 0.5) is 5.69 Å². The van der Waals surface area contributed by atoms with Crippen LogP contribution in [0.15, 0.2) is 53.7 Å². The highest BCUT2D eigenvalue weighted by atomic mass is 35.5. The summed E-state index contributed by atoms with van der Waals surface area (Å²) in [5, 5.41) is 1.21. The number of aryl methyl sites for hydroxylation is 1. The summed E-state index contributed by atoms with van der Waals surface area (Å²) in [4.78, 5) is 28.3. The van der Waals surface area contributed by atoms with Crippen LogP contribution in [-0.2, 0) is 9.59 Å². The van der Waals surface area contributed by atoms with Crippen molar-refractivity contribution in [2.75, 3.05) is 4.90 Å². The molecule has 1 amide bonds. The number of carbonyl (C=O) groups is 2. The zero-order chi connectivity index (χ0) is 20.9. The Bertz CT molecular complexity index is 1050.